The molecule has 1 aromatic rings. The second-order valence-electron chi connectivity index (χ2n) is 6.57. The zero-order valence-electron chi connectivity index (χ0n) is 13.2. The van der Waals surface area contributed by atoms with Gasteiger partial charge in [-0.1, -0.05) is 11.3 Å². The number of carbonyl (C=O) groups is 1. The number of ether oxygens (including phenoxy) is 1. The summed E-state index contributed by atoms with van der Waals surface area (Å²) in [4.78, 5) is 16.6. The highest BCUT2D eigenvalue weighted by Crippen LogP contribution is 2.42. The SMILES string of the molecule is O=C(Nc1nnc(C2CC2)s1)N1CCN(CC2CCCO2)CC1. The molecule has 7 nitrogen and oxygen atoms in total. The number of nitrogens with zero attached hydrogens (tertiary/aromatic N) is 4. The van der Waals surface area contributed by atoms with Crippen LogP contribution in [0.2, 0.25) is 0 Å². The molecular weight excluding hydrogens is 314 g/mol. The summed E-state index contributed by atoms with van der Waals surface area (Å²) in [7, 11) is 0. The number of nitrogens with one attached hydrogen (secondary N) is 1. The van der Waals surface area contributed by atoms with Crippen LogP contribution in [0.25, 0.3) is 0 Å². The normalized spacial score (nSPS) is 25.7. The van der Waals surface area contributed by atoms with Gasteiger partial charge in [0.1, 0.15) is 5.01 Å². The van der Waals surface area contributed by atoms with Crippen LogP contribution in [-0.2, 0) is 4.74 Å². The molecule has 0 spiro atoms. The maximum absolute atomic E-state index is 12.3. The van der Waals surface area contributed by atoms with Gasteiger partial charge in [0.25, 0.3) is 0 Å². The van der Waals surface area contributed by atoms with E-state index >= 15 is 0 Å². The quantitative estimate of drug-likeness (QED) is 0.906. The Morgan fingerprint density at radius 2 is 2.04 bits per heavy atom. The van der Waals surface area contributed by atoms with Crippen molar-refractivity contribution in [1.29, 1.82) is 0 Å². The smallest absolute Gasteiger partial charge is 0.323 e. The minimum atomic E-state index is -0.0553. The number of piperazine rings is 1. The molecular formula is C15H23N5O2S. The number of hydrogen-bond acceptors (Lipinski definition) is 6. The van der Waals surface area contributed by atoms with Gasteiger partial charge in [-0.3, -0.25) is 10.2 Å². The van der Waals surface area contributed by atoms with Crippen LogP contribution < -0.4 is 5.32 Å². The maximum Gasteiger partial charge on any atom is 0.323 e. The molecule has 0 aromatic carbocycles. The molecule has 126 valence electrons. The maximum atomic E-state index is 12.3. The van der Waals surface area contributed by atoms with E-state index in [0.29, 0.717) is 17.2 Å². The summed E-state index contributed by atoms with van der Waals surface area (Å²) in [5.74, 6) is 0.583. The first-order valence-electron chi connectivity index (χ1n) is 8.51. The lowest BCUT2D eigenvalue weighted by Gasteiger charge is -2.35. The first-order chi connectivity index (χ1) is 11.3. The molecule has 4 rings (SSSR count). The zero-order valence-corrected chi connectivity index (χ0v) is 14.1. The average molecular weight is 337 g/mol. The van der Waals surface area contributed by atoms with Gasteiger partial charge in [-0.15, -0.1) is 10.2 Å². The Bertz CT molecular complexity index is 548. The Hall–Kier alpha value is -1.25. The fraction of sp³-hybridized carbons (Fsp3) is 0.800. The molecule has 1 atom stereocenters. The molecule has 23 heavy (non-hydrogen) atoms. The van der Waals surface area contributed by atoms with E-state index in [1.54, 1.807) is 0 Å². The van der Waals surface area contributed by atoms with Crippen LogP contribution in [-0.4, -0.2) is 71.5 Å². The Labute approximate surface area is 140 Å². The average Bonchev–Trinajstić information content (AvgIpc) is 3.09. The zero-order chi connectivity index (χ0) is 15.6. The second kappa shape index (κ2) is 6.70. The van der Waals surface area contributed by atoms with Crippen LogP contribution in [0.5, 0.6) is 0 Å². The van der Waals surface area contributed by atoms with Crippen LogP contribution >= 0.6 is 11.3 Å². The van der Waals surface area contributed by atoms with Crippen LogP contribution in [0.4, 0.5) is 9.93 Å². The highest BCUT2D eigenvalue weighted by Gasteiger charge is 2.29. The molecule has 0 bridgehead atoms. The predicted molar refractivity (Wildman–Crippen MR) is 87.9 cm³/mol. The third-order valence-electron chi connectivity index (χ3n) is 4.73. The Kier molecular flexibility index (Phi) is 4.46. The number of urea groups is 1. The van der Waals surface area contributed by atoms with Crippen molar-refractivity contribution in [1.82, 2.24) is 20.0 Å². The van der Waals surface area contributed by atoms with Crippen molar-refractivity contribution in [3.05, 3.63) is 5.01 Å². The summed E-state index contributed by atoms with van der Waals surface area (Å²) in [6.07, 6.45) is 5.14. The van der Waals surface area contributed by atoms with Crippen molar-refractivity contribution in [2.24, 2.45) is 0 Å². The third-order valence-corrected chi connectivity index (χ3v) is 5.73. The van der Waals surface area contributed by atoms with Crippen molar-refractivity contribution in [3.63, 3.8) is 0 Å². The third kappa shape index (κ3) is 3.81. The van der Waals surface area contributed by atoms with Gasteiger partial charge in [0.2, 0.25) is 5.13 Å². The van der Waals surface area contributed by atoms with Crippen LogP contribution in [0, 0.1) is 0 Å². The largest absolute Gasteiger partial charge is 0.377 e. The van der Waals surface area contributed by atoms with Crippen LogP contribution in [0.15, 0.2) is 0 Å². The van der Waals surface area contributed by atoms with E-state index in [9.17, 15) is 4.79 Å². The number of carbonyl (C=O) groups excluding carboxylic acids is 1. The molecule has 3 heterocycles. The number of anilines is 1. The molecule has 2 saturated heterocycles. The molecule has 3 fully saturated rings. The molecule has 1 aromatic heterocycles. The van der Waals surface area contributed by atoms with E-state index in [4.69, 9.17) is 4.74 Å². The lowest BCUT2D eigenvalue weighted by atomic mass is 10.2. The van der Waals surface area contributed by atoms with Gasteiger partial charge in [0.05, 0.1) is 6.10 Å². The first kappa shape index (κ1) is 15.3. The highest BCUT2D eigenvalue weighted by atomic mass is 32.1. The minimum absolute atomic E-state index is 0.0553. The number of amides is 2. The van der Waals surface area contributed by atoms with Gasteiger partial charge >= 0.3 is 6.03 Å². The van der Waals surface area contributed by atoms with Crippen molar-refractivity contribution in [2.75, 3.05) is 44.6 Å². The molecule has 3 aliphatic rings. The summed E-state index contributed by atoms with van der Waals surface area (Å²) in [6.45, 7) is 5.24. The first-order valence-corrected chi connectivity index (χ1v) is 9.33. The van der Waals surface area contributed by atoms with Gasteiger partial charge in [0, 0.05) is 45.2 Å². The fourth-order valence-corrected chi connectivity index (χ4v) is 4.06. The number of rotatable bonds is 4. The summed E-state index contributed by atoms with van der Waals surface area (Å²) < 4.78 is 5.69. The molecule has 2 aliphatic heterocycles. The predicted octanol–water partition coefficient (Wildman–Crippen LogP) is 1.74. The summed E-state index contributed by atoms with van der Waals surface area (Å²) in [5.41, 5.74) is 0. The summed E-state index contributed by atoms with van der Waals surface area (Å²) >= 11 is 1.51. The summed E-state index contributed by atoms with van der Waals surface area (Å²) in [5, 5.41) is 12.8. The summed E-state index contributed by atoms with van der Waals surface area (Å²) in [6, 6.07) is -0.0553. The molecule has 1 aliphatic carbocycles. The van der Waals surface area contributed by atoms with E-state index < -0.39 is 0 Å². The van der Waals surface area contributed by atoms with Gasteiger partial charge in [-0.2, -0.15) is 0 Å². The van der Waals surface area contributed by atoms with Crippen LogP contribution in [0.1, 0.15) is 36.6 Å². The Balaban J connectivity index is 1.23. The Morgan fingerprint density at radius 3 is 2.74 bits per heavy atom. The molecule has 2 amide bonds. The molecule has 0 radical (unpaired) electrons. The lowest BCUT2D eigenvalue weighted by Crippen LogP contribution is -2.51. The second-order valence-corrected chi connectivity index (χ2v) is 7.58. The van der Waals surface area contributed by atoms with Crippen molar-refractivity contribution < 1.29 is 9.53 Å². The molecule has 1 saturated carbocycles. The molecule has 1 N–H and O–H groups in total. The van der Waals surface area contributed by atoms with E-state index in [1.165, 1.54) is 37.0 Å². The van der Waals surface area contributed by atoms with Gasteiger partial charge in [0.15, 0.2) is 0 Å². The van der Waals surface area contributed by atoms with Gasteiger partial charge in [-0.25, -0.2) is 4.79 Å². The van der Waals surface area contributed by atoms with Crippen LogP contribution in [0.3, 0.4) is 0 Å². The molecule has 8 heteroatoms. The van der Waals surface area contributed by atoms with Crippen molar-refractivity contribution in [3.8, 4) is 0 Å². The van der Waals surface area contributed by atoms with Gasteiger partial charge < -0.3 is 9.64 Å². The number of aromatic nitrogens is 2. The monoisotopic (exact) mass is 337 g/mol. The van der Waals surface area contributed by atoms with Crippen molar-refractivity contribution in [2.45, 2.75) is 37.7 Å². The minimum Gasteiger partial charge on any atom is -0.377 e. The standard InChI is InChI=1S/C15H23N5O2S/c21-15(16-14-18-17-13(23-14)11-3-4-11)20-7-5-19(6-8-20)10-12-2-1-9-22-12/h11-12H,1-10H2,(H,16,18,21). The van der Waals surface area contributed by atoms with E-state index in [2.05, 4.69) is 20.4 Å². The lowest BCUT2D eigenvalue weighted by molar-refractivity contribution is 0.0572. The number of hydrogen-bond donors (Lipinski definition) is 1. The van der Waals surface area contributed by atoms with E-state index in [1.807, 2.05) is 4.90 Å². The Morgan fingerprint density at radius 1 is 1.22 bits per heavy atom. The highest BCUT2D eigenvalue weighted by molar-refractivity contribution is 7.15. The van der Waals surface area contributed by atoms with E-state index in [-0.39, 0.29) is 6.03 Å². The molecule has 1 unspecified atom stereocenters. The van der Waals surface area contributed by atoms with Crippen molar-refractivity contribution >= 4 is 22.5 Å². The fourth-order valence-electron chi connectivity index (χ4n) is 3.16. The topological polar surface area (TPSA) is 70.6 Å². The van der Waals surface area contributed by atoms with Gasteiger partial charge in [-0.05, 0) is 25.7 Å². The van der Waals surface area contributed by atoms with E-state index in [0.717, 1.165) is 44.3 Å².